The Morgan fingerprint density at radius 2 is 1.62 bits per heavy atom. The molecule has 3 heterocycles. The van der Waals surface area contributed by atoms with Crippen LogP contribution in [0.15, 0.2) is 76.6 Å². The SMILES string of the molecule is Cc1c(CCNC(=O)N2CCC(NC(=O)n3c(-c4ccnn4-c4ccc(C#N)cc4)c(C)n(-c4cccc(C(F)(F)F)c4)c3=O)CC2)cc(S(=O)(=O)[O-])c(C)c1C.[NH4+]. The number of piperidine rings is 1. The summed E-state index contributed by atoms with van der Waals surface area (Å²) in [5, 5.41) is 19.3. The van der Waals surface area contributed by atoms with Gasteiger partial charge < -0.3 is 26.2 Å². The number of hydrogen-bond donors (Lipinski definition) is 3. The molecule has 0 radical (unpaired) electrons. The number of urea groups is 1. The summed E-state index contributed by atoms with van der Waals surface area (Å²) in [6.07, 6.45) is -2.32. The molecule has 0 unspecified atom stereocenters. The molecule has 15 nitrogen and oxygen atoms in total. The van der Waals surface area contributed by atoms with Gasteiger partial charge >= 0.3 is 23.9 Å². The van der Waals surface area contributed by atoms with Crippen molar-refractivity contribution in [1.29, 1.82) is 5.26 Å². The van der Waals surface area contributed by atoms with Crippen molar-refractivity contribution in [3.8, 4) is 28.8 Å². The van der Waals surface area contributed by atoms with E-state index in [9.17, 15) is 45.8 Å². The van der Waals surface area contributed by atoms with E-state index in [1.165, 1.54) is 36.0 Å². The Kier molecular flexibility index (Phi) is 12.4. The number of benzene rings is 3. The minimum atomic E-state index is -4.69. The van der Waals surface area contributed by atoms with Crippen molar-refractivity contribution in [3.63, 3.8) is 0 Å². The van der Waals surface area contributed by atoms with Gasteiger partial charge in [0.1, 0.15) is 15.8 Å². The Bertz CT molecular complexity index is 2580. The van der Waals surface area contributed by atoms with Crippen LogP contribution >= 0.6 is 0 Å². The molecule has 306 valence electrons. The van der Waals surface area contributed by atoms with Gasteiger partial charge in [-0.25, -0.2) is 32.1 Å². The first-order chi connectivity index (χ1) is 26.9. The fraction of sp³-hybridized carbons (Fsp3) is 0.308. The van der Waals surface area contributed by atoms with Crippen molar-refractivity contribution in [3.05, 3.63) is 116 Å². The highest BCUT2D eigenvalue weighted by molar-refractivity contribution is 7.85. The van der Waals surface area contributed by atoms with E-state index in [0.717, 1.165) is 26.8 Å². The predicted octanol–water partition coefficient (Wildman–Crippen LogP) is 5.87. The van der Waals surface area contributed by atoms with E-state index >= 15 is 0 Å². The van der Waals surface area contributed by atoms with Crippen LogP contribution in [-0.4, -0.2) is 74.5 Å². The number of halogens is 3. The lowest BCUT2D eigenvalue weighted by Gasteiger charge is -2.32. The minimum Gasteiger partial charge on any atom is -0.744 e. The fourth-order valence-corrected chi connectivity index (χ4v) is 7.88. The maximum Gasteiger partial charge on any atom is 0.416 e. The van der Waals surface area contributed by atoms with Gasteiger partial charge in [-0.1, -0.05) is 6.07 Å². The van der Waals surface area contributed by atoms with Crippen LogP contribution in [0.4, 0.5) is 22.8 Å². The molecule has 1 aliphatic heterocycles. The largest absolute Gasteiger partial charge is 0.744 e. The molecule has 0 saturated carbocycles. The lowest BCUT2D eigenvalue weighted by molar-refractivity contribution is -0.137. The molecule has 0 spiro atoms. The molecule has 0 atom stereocenters. The van der Waals surface area contributed by atoms with E-state index < -0.39 is 39.6 Å². The van der Waals surface area contributed by atoms with Crippen molar-refractivity contribution in [1.82, 2.24) is 40.6 Å². The average molecular weight is 822 g/mol. The van der Waals surface area contributed by atoms with Crippen LogP contribution in [0.3, 0.4) is 0 Å². The van der Waals surface area contributed by atoms with E-state index in [4.69, 9.17) is 0 Å². The van der Waals surface area contributed by atoms with E-state index in [0.29, 0.717) is 40.8 Å². The molecule has 2 aromatic heterocycles. The third-order valence-electron chi connectivity index (χ3n) is 10.4. The van der Waals surface area contributed by atoms with Crippen LogP contribution in [0.25, 0.3) is 22.8 Å². The van der Waals surface area contributed by atoms with Crippen molar-refractivity contribution in [2.75, 3.05) is 19.6 Å². The summed E-state index contributed by atoms with van der Waals surface area (Å²) in [7, 11) is -4.68. The first-order valence-corrected chi connectivity index (χ1v) is 19.3. The molecule has 1 aliphatic rings. The third-order valence-corrected chi connectivity index (χ3v) is 11.3. The van der Waals surface area contributed by atoms with E-state index in [1.54, 1.807) is 49.1 Å². The number of amides is 3. The second kappa shape index (κ2) is 16.7. The number of likely N-dealkylation sites (tertiary alicyclic amines) is 1. The normalized spacial score (nSPS) is 13.5. The Morgan fingerprint density at radius 3 is 2.24 bits per heavy atom. The second-order valence-corrected chi connectivity index (χ2v) is 15.1. The van der Waals surface area contributed by atoms with Crippen LogP contribution in [0.5, 0.6) is 0 Å². The molecule has 6 rings (SSSR count). The number of rotatable bonds is 8. The maximum atomic E-state index is 14.2. The zero-order valence-corrected chi connectivity index (χ0v) is 33.2. The van der Waals surface area contributed by atoms with E-state index in [2.05, 4.69) is 15.7 Å². The molecule has 19 heteroatoms. The van der Waals surface area contributed by atoms with E-state index in [-0.39, 0.29) is 65.9 Å². The molecule has 0 aliphatic carbocycles. The maximum absolute atomic E-state index is 14.2. The average Bonchev–Trinajstić information content (AvgIpc) is 3.75. The first-order valence-electron chi connectivity index (χ1n) is 17.9. The number of hydrogen-bond acceptors (Lipinski definition) is 8. The number of carbonyl (C=O) groups is 2. The van der Waals surface area contributed by atoms with Gasteiger partial charge in [-0.15, -0.1) is 0 Å². The van der Waals surface area contributed by atoms with Gasteiger partial charge in [0.05, 0.1) is 51.1 Å². The molecular weight excluding hydrogens is 780 g/mol. The lowest BCUT2D eigenvalue weighted by atomic mass is 9.97. The Hall–Kier alpha value is -6.23. The summed E-state index contributed by atoms with van der Waals surface area (Å²) < 4.78 is 79.9. The highest BCUT2D eigenvalue weighted by atomic mass is 32.2. The molecule has 0 bridgehead atoms. The van der Waals surface area contributed by atoms with Gasteiger partial charge in [0, 0.05) is 25.7 Å². The van der Waals surface area contributed by atoms with Gasteiger partial charge in [0.25, 0.3) is 0 Å². The van der Waals surface area contributed by atoms with E-state index in [1.807, 2.05) is 13.0 Å². The summed E-state index contributed by atoms with van der Waals surface area (Å²) in [5.74, 6) is 0. The molecule has 3 amide bonds. The number of nitrogens with zero attached hydrogens (tertiary/aromatic N) is 6. The number of nitriles is 1. The number of nitrogens with one attached hydrogen (secondary N) is 2. The number of alkyl halides is 3. The molecule has 1 fully saturated rings. The van der Waals surface area contributed by atoms with Gasteiger partial charge in [-0.3, -0.25) is 4.57 Å². The zero-order chi connectivity index (χ0) is 41.4. The minimum absolute atomic E-state index is 0. The van der Waals surface area contributed by atoms with Crippen molar-refractivity contribution in [2.24, 2.45) is 0 Å². The quantitative estimate of drug-likeness (QED) is 0.160. The Morgan fingerprint density at radius 1 is 0.948 bits per heavy atom. The smallest absolute Gasteiger partial charge is 0.416 e. The summed E-state index contributed by atoms with van der Waals surface area (Å²) in [4.78, 5) is 42.6. The van der Waals surface area contributed by atoms with Gasteiger partial charge in [-0.2, -0.15) is 23.5 Å². The van der Waals surface area contributed by atoms with Crippen molar-refractivity contribution < 1.29 is 35.7 Å². The topological polar surface area (TPSA) is 224 Å². The molecule has 3 aromatic carbocycles. The number of carbonyl (C=O) groups excluding carboxylic acids is 2. The van der Waals surface area contributed by atoms with Gasteiger partial charge in [0.2, 0.25) is 0 Å². The van der Waals surface area contributed by atoms with Crippen molar-refractivity contribution >= 4 is 22.2 Å². The monoisotopic (exact) mass is 821 g/mol. The molecule has 5 aromatic rings. The second-order valence-electron chi connectivity index (χ2n) is 13.8. The molecule has 6 N–H and O–H groups in total. The summed E-state index contributed by atoms with van der Waals surface area (Å²) in [5.41, 5.74) is 1.94. The van der Waals surface area contributed by atoms with Gasteiger partial charge in [-0.05, 0) is 124 Å². The predicted molar refractivity (Wildman–Crippen MR) is 207 cm³/mol. The van der Waals surface area contributed by atoms with Crippen LogP contribution in [0, 0.1) is 39.0 Å². The number of imidazole rings is 1. The van der Waals surface area contributed by atoms with Crippen molar-refractivity contribution in [2.45, 2.75) is 64.1 Å². The van der Waals surface area contributed by atoms with Crippen LogP contribution < -0.4 is 22.5 Å². The zero-order valence-electron chi connectivity index (χ0n) is 32.3. The van der Waals surface area contributed by atoms with Crippen LogP contribution in [0.2, 0.25) is 0 Å². The fourth-order valence-electron chi connectivity index (χ4n) is 7.07. The summed E-state index contributed by atoms with van der Waals surface area (Å²) in [6.45, 7) is 7.31. The summed E-state index contributed by atoms with van der Waals surface area (Å²) >= 11 is 0. The molecule has 58 heavy (non-hydrogen) atoms. The number of aromatic nitrogens is 4. The Balaban J connectivity index is 0.00000641. The summed E-state index contributed by atoms with van der Waals surface area (Å²) in [6, 6.07) is 13.9. The highest BCUT2D eigenvalue weighted by Gasteiger charge is 2.33. The molecule has 1 saturated heterocycles. The Labute approximate surface area is 332 Å². The van der Waals surface area contributed by atoms with Crippen LogP contribution in [-0.2, 0) is 22.7 Å². The third kappa shape index (κ3) is 8.54. The molecular formula is C39H42F3N9O6S. The first kappa shape index (κ1) is 42.9. The highest BCUT2D eigenvalue weighted by Crippen LogP contribution is 2.32. The number of quaternary nitrogens is 1. The standard InChI is InChI=1S/C39H39F3N8O6S.H3N/c1-23-24(2)28(20-34(25(23)3)57(54,55)56)12-16-44-36(51)47-18-14-30(15-19-47)46-37(52)49-35(33-13-17-45-50(33)31-10-8-27(22-43)9-11-31)26(4)48(38(49)53)32-7-5-6-29(21-32)39(40,41)42;/h5-11,13,17,20-21,30H,12,14-16,18-19H2,1-4H3,(H,44,51)(H,46,52)(H,54,55,56);1H3. The van der Waals surface area contributed by atoms with Gasteiger partial charge in [0.15, 0.2) is 0 Å². The van der Waals surface area contributed by atoms with Crippen LogP contribution in [0.1, 0.15) is 51.9 Å². The lowest BCUT2D eigenvalue weighted by Crippen LogP contribution is -2.51.